The number of rotatable bonds is 1. The van der Waals surface area contributed by atoms with Crippen molar-refractivity contribution in [1.82, 2.24) is 4.57 Å². The average Bonchev–Trinajstić information content (AvgIpc) is 2.75. The van der Waals surface area contributed by atoms with Gasteiger partial charge in [-0.1, -0.05) is 0 Å². The fraction of sp³-hybridized carbons (Fsp3) is 0. The van der Waals surface area contributed by atoms with Crippen LogP contribution in [0.5, 0.6) is 0 Å². The summed E-state index contributed by atoms with van der Waals surface area (Å²) in [5.41, 5.74) is 0. The van der Waals surface area contributed by atoms with Crippen molar-refractivity contribution < 1.29 is 9.21 Å². The summed E-state index contributed by atoms with van der Waals surface area (Å²) in [5.74, 6) is -0.739. The Kier molecular flexibility index (Phi) is 2.18. The van der Waals surface area contributed by atoms with Crippen molar-refractivity contribution in [3.63, 3.8) is 0 Å². The molecule has 2 heterocycles. The maximum atomic E-state index is 11.5. The van der Waals surface area contributed by atoms with E-state index in [1.165, 1.54) is 18.4 Å². The van der Waals surface area contributed by atoms with Crippen LogP contribution in [0.15, 0.2) is 32.4 Å². The summed E-state index contributed by atoms with van der Waals surface area (Å²) < 4.78 is 5.35. The minimum Gasteiger partial charge on any atom is -0.459 e. The third kappa shape index (κ3) is 1.36. The second-order valence-corrected chi connectivity index (χ2v) is 4.35. The van der Waals surface area contributed by atoms with E-state index >= 15 is 0 Å². The van der Waals surface area contributed by atoms with Crippen molar-refractivity contribution in [2.24, 2.45) is 0 Å². The van der Waals surface area contributed by atoms with Crippen LogP contribution >= 0.6 is 20.7 Å². The normalized spacial score (nSPS) is 10.3. The SMILES string of the molecule is O=C(c1ccco1)n1c(=O)ssc1=O. The molecular weight excluding hydrogens is 226 g/mol. The van der Waals surface area contributed by atoms with Crippen LogP contribution in [0, 0.1) is 0 Å². The molecule has 0 bridgehead atoms. The Hall–Kier alpha value is -1.47. The molecule has 0 fully saturated rings. The summed E-state index contributed by atoms with van der Waals surface area (Å²) in [5, 5.41) is 0. The molecule has 0 saturated carbocycles. The van der Waals surface area contributed by atoms with E-state index in [0.29, 0.717) is 4.57 Å². The Labute approximate surface area is 84.2 Å². The number of carbonyl (C=O) groups excluding carboxylic acids is 1. The molecule has 0 atom stereocenters. The molecule has 2 aromatic rings. The fourth-order valence-corrected chi connectivity index (χ4v) is 2.45. The molecule has 5 nitrogen and oxygen atoms in total. The van der Waals surface area contributed by atoms with E-state index in [1.54, 1.807) is 0 Å². The van der Waals surface area contributed by atoms with E-state index < -0.39 is 15.7 Å². The molecule has 0 aliphatic heterocycles. The van der Waals surface area contributed by atoms with E-state index in [1.807, 2.05) is 0 Å². The van der Waals surface area contributed by atoms with E-state index in [-0.39, 0.29) is 5.76 Å². The molecule has 0 N–H and O–H groups in total. The molecule has 0 aromatic carbocycles. The van der Waals surface area contributed by atoms with Crippen molar-refractivity contribution in [3.05, 3.63) is 43.5 Å². The van der Waals surface area contributed by atoms with E-state index in [4.69, 9.17) is 4.42 Å². The van der Waals surface area contributed by atoms with Crippen molar-refractivity contribution in [2.75, 3.05) is 0 Å². The fourth-order valence-electron chi connectivity index (χ4n) is 0.897. The molecule has 72 valence electrons. The second kappa shape index (κ2) is 3.35. The first-order chi connectivity index (χ1) is 6.70. The third-order valence-electron chi connectivity index (χ3n) is 1.48. The second-order valence-electron chi connectivity index (χ2n) is 2.32. The van der Waals surface area contributed by atoms with Crippen LogP contribution < -0.4 is 9.75 Å². The van der Waals surface area contributed by atoms with Gasteiger partial charge in [-0.3, -0.25) is 14.4 Å². The number of hydrogen-bond acceptors (Lipinski definition) is 6. The minimum absolute atomic E-state index is 0.0187. The predicted octanol–water partition coefficient (Wildman–Crippen LogP) is 0.613. The largest absolute Gasteiger partial charge is 0.459 e. The Bertz CT molecular complexity index is 532. The zero-order valence-corrected chi connectivity index (χ0v) is 8.26. The predicted molar refractivity (Wildman–Crippen MR) is 51.2 cm³/mol. The molecular formula is C7H3NO4S2. The van der Waals surface area contributed by atoms with Gasteiger partial charge in [-0.15, -0.1) is 0 Å². The molecule has 0 unspecified atom stereocenters. The molecule has 0 saturated heterocycles. The summed E-state index contributed by atoms with van der Waals surface area (Å²) in [6.07, 6.45) is 1.30. The van der Waals surface area contributed by atoms with Crippen LogP contribution in [0.4, 0.5) is 0 Å². The zero-order valence-electron chi connectivity index (χ0n) is 6.63. The van der Waals surface area contributed by atoms with Crippen molar-refractivity contribution in [2.45, 2.75) is 0 Å². The highest BCUT2D eigenvalue weighted by Crippen LogP contribution is 2.02. The molecule has 0 aliphatic rings. The Morgan fingerprint density at radius 3 is 2.43 bits per heavy atom. The lowest BCUT2D eigenvalue weighted by Gasteiger charge is -1.92. The van der Waals surface area contributed by atoms with Gasteiger partial charge < -0.3 is 4.42 Å². The smallest absolute Gasteiger partial charge is 0.327 e. The first kappa shape index (κ1) is 9.10. The van der Waals surface area contributed by atoms with Gasteiger partial charge in [0.05, 0.1) is 6.26 Å². The van der Waals surface area contributed by atoms with Crippen LogP contribution in [0.25, 0.3) is 0 Å². The quantitative estimate of drug-likeness (QED) is 0.672. The van der Waals surface area contributed by atoms with Gasteiger partial charge >= 0.3 is 15.7 Å². The molecule has 2 rings (SSSR count). The third-order valence-corrected chi connectivity index (χ3v) is 3.32. The first-order valence-electron chi connectivity index (χ1n) is 3.50. The molecule has 0 amide bonds. The standard InChI is InChI=1S/C7H3NO4S2/c9-5(4-2-1-3-12-4)8-6(10)13-14-7(8)11/h1-3H. The van der Waals surface area contributed by atoms with Gasteiger partial charge in [-0.25, -0.2) is 0 Å². The zero-order chi connectivity index (χ0) is 10.1. The molecule has 0 radical (unpaired) electrons. The van der Waals surface area contributed by atoms with E-state index in [9.17, 15) is 14.4 Å². The van der Waals surface area contributed by atoms with Gasteiger partial charge in [0.1, 0.15) is 0 Å². The molecule has 0 spiro atoms. The molecule has 2 aromatic heterocycles. The number of aromatic nitrogens is 1. The number of nitrogens with zero attached hydrogens (tertiary/aromatic N) is 1. The lowest BCUT2D eigenvalue weighted by molar-refractivity contribution is 0.0927. The van der Waals surface area contributed by atoms with Crippen molar-refractivity contribution in [1.29, 1.82) is 0 Å². The number of hydrogen-bond donors (Lipinski definition) is 0. The first-order valence-corrected chi connectivity index (χ1v) is 5.65. The van der Waals surface area contributed by atoms with E-state index in [2.05, 4.69) is 0 Å². The maximum absolute atomic E-state index is 11.5. The maximum Gasteiger partial charge on any atom is 0.327 e. The Morgan fingerprint density at radius 1 is 1.29 bits per heavy atom. The summed E-state index contributed by atoms with van der Waals surface area (Å²) >= 11 is 0. The lowest BCUT2D eigenvalue weighted by atomic mass is 10.4. The van der Waals surface area contributed by atoms with Gasteiger partial charge in [-0.05, 0) is 32.8 Å². The molecule has 14 heavy (non-hydrogen) atoms. The Balaban J connectivity index is 2.58. The van der Waals surface area contributed by atoms with Crippen LogP contribution in [0.3, 0.4) is 0 Å². The van der Waals surface area contributed by atoms with E-state index in [0.717, 1.165) is 20.7 Å². The van der Waals surface area contributed by atoms with Gasteiger partial charge in [0.2, 0.25) is 0 Å². The average molecular weight is 229 g/mol. The van der Waals surface area contributed by atoms with Crippen LogP contribution in [-0.2, 0) is 0 Å². The van der Waals surface area contributed by atoms with Gasteiger partial charge in [0.15, 0.2) is 5.76 Å². The topological polar surface area (TPSA) is 69.3 Å². The highest BCUT2D eigenvalue weighted by atomic mass is 32.9. The number of furan rings is 1. The Morgan fingerprint density at radius 2 is 1.93 bits per heavy atom. The summed E-state index contributed by atoms with van der Waals surface area (Å²) in [4.78, 5) is 32.5. The van der Waals surface area contributed by atoms with Crippen LogP contribution in [-0.4, -0.2) is 10.5 Å². The summed E-state index contributed by atoms with van der Waals surface area (Å²) in [7, 11) is 1.46. The van der Waals surface area contributed by atoms with Crippen LogP contribution in [0.1, 0.15) is 10.6 Å². The highest BCUT2D eigenvalue weighted by Gasteiger charge is 2.17. The van der Waals surface area contributed by atoms with Gasteiger partial charge in [0.25, 0.3) is 0 Å². The van der Waals surface area contributed by atoms with Gasteiger partial charge in [0, 0.05) is 0 Å². The van der Waals surface area contributed by atoms with Crippen molar-refractivity contribution >= 4 is 26.6 Å². The summed E-state index contributed by atoms with van der Waals surface area (Å²) in [6, 6.07) is 2.91. The number of carbonyl (C=O) groups is 1. The van der Waals surface area contributed by atoms with Gasteiger partial charge in [-0.2, -0.15) is 4.57 Å². The van der Waals surface area contributed by atoms with Crippen molar-refractivity contribution in [3.8, 4) is 0 Å². The molecule has 0 aliphatic carbocycles. The monoisotopic (exact) mass is 229 g/mol. The summed E-state index contributed by atoms with van der Waals surface area (Å²) in [6.45, 7) is 0. The lowest BCUT2D eigenvalue weighted by Crippen LogP contribution is -2.31. The van der Waals surface area contributed by atoms with Crippen LogP contribution in [0.2, 0.25) is 0 Å². The minimum atomic E-state index is -0.720. The molecule has 7 heteroatoms. The highest BCUT2D eigenvalue weighted by molar-refractivity contribution is 7.67.